The first-order valence-electron chi connectivity index (χ1n) is 10.6. The van der Waals surface area contributed by atoms with Gasteiger partial charge in [-0.2, -0.15) is 0 Å². The van der Waals surface area contributed by atoms with E-state index in [0.717, 1.165) is 31.8 Å². The maximum atomic E-state index is 12.8. The lowest BCUT2D eigenvalue weighted by molar-refractivity contribution is -0.123. The van der Waals surface area contributed by atoms with Crippen LogP contribution in [-0.4, -0.2) is 29.2 Å². The predicted molar refractivity (Wildman–Crippen MR) is 147 cm³/mol. The molecule has 2 amide bonds. The number of aryl methyl sites for hydroxylation is 1. The van der Waals surface area contributed by atoms with Gasteiger partial charge in [-0.05, 0) is 104 Å². The minimum atomic E-state index is -0.341. The van der Waals surface area contributed by atoms with E-state index in [1.807, 2.05) is 37.3 Å². The molecule has 1 aliphatic heterocycles. The molecule has 0 unspecified atom stereocenters. The van der Waals surface area contributed by atoms with Gasteiger partial charge in [-0.3, -0.25) is 14.5 Å². The average Bonchev–Trinajstić information content (AvgIpc) is 3.07. The summed E-state index contributed by atoms with van der Waals surface area (Å²) in [5, 5.41) is 0.287. The summed E-state index contributed by atoms with van der Waals surface area (Å²) in [5.74, 6) is 0.944. The van der Waals surface area contributed by atoms with Gasteiger partial charge in [0.15, 0.2) is 0 Å². The van der Waals surface area contributed by atoms with Gasteiger partial charge in [0.25, 0.3) is 11.1 Å². The van der Waals surface area contributed by atoms with Crippen LogP contribution in [0.4, 0.5) is 4.79 Å². The normalized spacial score (nSPS) is 14.6. The number of carbonyl (C=O) groups excluding carboxylic acids is 2. The largest absolute Gasteiger partial charge is 0.492 e. The van der Waals surface area contributed by atoms with Crippen molar-refractivity contribution in [2.24, 2.45) is 0 Å². The Hall–Kier alpha value is -2.26. The molecule has 1 saturated heterocycles. The van der Waals surface area contributed by atoms with E-state index in [-0.39, 0.29) is 24.3 Å². The summed E-state index contributed by atoms with van der Waals surface area (Å²) >= 11 is 13.9. The van der Waals surface area contributed by atoms with Crippen molar-refractivity contribution < 1.29 is 19.1 Å². The molecule has 0 aromatic heterocycles. The second-order valence-electron chi connectivity index (χ2n) is 7.73. The standard InChI is InChI=1S/C26H20Br2ClNO4S/c1-16-3-2-4-17(11-16)15-34-24-21(27)12-18(13-22(24)28)14-23-25(31)30(26(32)35-23)9-10-33-20-7-5-19(29)6-8-20/h2-8,11-14H,9-10,15H2,1H3/b23-14-. The van der Waals surface area contributed by atoms with E-state index in [1.54, 1.807) is 30.3 Å². The number of hydrogen-bond donors (Lipinski definition) is 0. The number of ether oxygens (including phenoxy) is 2. The molecule has 1 heterocycles. The first-order valence-corrected chi connectivity index (χ1v) is 13.4. The molecular formula is C26H20Br2ClNO4S. The molecule has 0 atom stereocenters. The van der Waals surface area contributed by atoms with Crippen molar-refractivity contribution in [3.05, 3.63) is 96.2 Å². The number of thioether (sulfide) groups is 1. The quantitative estimate of drug-likeness (QED) is 0.236. The Morgan fingerprint density at radius 2 is 1.71 bits per heavy atom. The summed E-state index contributed by atoms with van der Waals surface area (Å²) in [6, 6.07) is 18.7. The fraction of sp³-hybridized carbons (Fsp3) is 0.154. The van der Waals surface area contributed by atoms with Crippen LogP contribution >= 0.6 is 55.2 Å². The molecule has 0 radical (unpaired) electrons. The zero-order valence-electron chi connectivity index (χ0n) is 18.6. The van der Waals surface area contributed by atoms with E-state index in [2.05, 4.69) is 37.9 Å². The van der Waals surface area contributed by atoms with Crippen LogP contribution in [0.5, 0.6) is 11.5 Å². The molecule has 180 valence electrons. The summed E-state index contributed by atoms with van der Waals surface area (Å²) in [5.41, 5.74) is 3.00. The van der Waals surface area contributed by atoms with Crippen molar-refractivity contribution >= 4 is 72.4 Å². The van der Waals surface area contributed by atoms with Gasteiger partial charge in [0.05, 0.1) is 20.4 Å². The van der Waals surface area contributed by atoms with Gasteiger partial charge in [0.2, 0.25) is 0 Å². The van der Waals surface area contributed by atoms with Crippen LogP contribution in [0, 0.1) is 6.92 Å². The molecule has 3 aromatic rings. The molecule has 1 fully saturated rings. The van der Waals surface area contributed by atoms with Gasteiger partial charge in [0.1, 0.15) is 24.7 Å². The molecule has 3 aromatic carbocycles. The van der Waals surface area contributed by atoms with Crippen molar-refractivity contribution in [2.75, 3.05) is 13.2 Å². The third-order valence-electron chi connectivity index (χ3n) is 5.05. The second-order valence-corrected chi connectivity index (χ2v) is 10.9. The van der Waals surface area contributed by atoms with Crippen molar-refractivity contribution in [1.82, 2.24) is 4.90 Å². The first kappa shape index (κ1) is 25.8. The molecule has 4 rings (SSSR count). The third kappa shape index (κ3) is 6.70. The Morgan fingerprint density at radius 1 is 1.00 bits per heavy atom. The van der Waals surface area contributed by atoms with Crippen molar-refractivity contribution in [3.63, 3.8) is 0 Å². The number of rotatable bonds is 8. The highest BCUT2D eigenvalue weighted by Gasteiger charge is 2.34. The number of hydrogen-bond acceptors (Lipinski definition) is 5. The highest BCUT2D eigenvalue weighted by atomic mass is 79.9. The van der Waals surface area contributed by atoms with E-state index in [0.29, 0.717) is 28.0 Å². The lowest BCUT2D eigenvalue weighted by Crippen LogP contribution is -2.32. The summed E-state index contributed by atoms with van der Waals surface area (Å²) < 4.78 is 13.1. The Morgan fingerprint density at radius 3 is 2.40 bits per heavy atom. The molecule has 1 aliphatic rings. The minimum Gasteiger partial charge on any atom is -0.492 e. The molecule has 0 N–H and O–H groups in total. The number of carbonyl (C=O) groups is 2. The second kappa shape index (κ2) is 11.6. The van der Waals surface area contributed by atoms with Crippen molar-refractivity contribution in [2.45, 2.75) is 13.5 Å². The summed E-state index contributed by atoms with van der Waals surface area (Å²) in [6.45, 7) is 2.81. The van der Waals surface area contributed by atoms with Gasteiger partial charge in [0, 0.05) is 5.02 Å². The van der Waals surface area contributed by atoms with Gasteiger partial charge in [-0.25, -0.2) is 0 Å². The van der Waals surface area contributed by atoms with Crippen LogP contribution in [0.2, 0.25) is 5.02 Å². The predicted octanol–water partition coefficient (Wildman–Crippen LogP) is 7.87. The lowest BCUT2D eigenvalue weighted by atomic mass is 10.1. The van der Waals surface area contributed by atoms with Gasteiger partial charge in [-0.1, -0.05) is 41.4 Å². The monoisotopic (exact) mass is 635 g/mol. The van der Waals surface area contributed by atoms with E-state index < -0.39 is 0 Å². The summed E-state index contributed by atoms with van der Waals surface area (Å²) in [7, 11) is 0. The van der Waals surface area contributed by atoms with Crippen LogP contribution in [-0.2, 0) is 11.4 Å². The molecule has 35 heavy (non-hydrogen) atoms. The zero-order valence-corrected chi connectivity index (χ0v) is 23.3. The Bertz CT molecular complexity index is 1270. The molecular weight excluding hydrogens is 618 g/mol. The Balaban J connectivity index is 1.40. The third-order valence-corrected chi connectivity index (χ3v) is 7.39. The molecule has 0 bridgehead atoms. The van der Waals surface area contributed by atoms with E-state index in [1.165, 1.54) is 10.5 Å². The first-order chi connectivity index (χ1) is 16.8. The molecule has 0 spiro atoms. The molecule has 0 saturated carbocycles. The highest BCUT2D eigenvalue weighted by Crippen LogP contribution is 2.38. The number of nitrogens with zero attached hydrogens (tertiary/aromatic N) is 1. The summed E-state index contributed by atoms with van der Waals surface area (Å²) in [4.78, 5) is 26.8. The highest BCUT2D eigenvalue weighted by molar-refractivity contribution is 9.11. The number of benzene rings is 3. The van der Waals surface area contributed by atoms with Crippen LogP contribution in [0.1, 0.15) is 16.7 Å². The number of halogens is 3. The van der Waals surface area contributed by atoms with Crippen molar-refractivity contribution in [3.8, 4) is 11.5 Å². The maximum Gasteiger partial charge on any atom is 0.293 e. The van der Waals surface area contributed by atoms with E-state index in [4.69, 9.17) is 21.1 Å². The Labute approximate surface area is 229 Å². The van der Waals surface area contributed by atoms with Gasteiger partial charge < -0.3 is 9.47 Å². The van der Waals surface area contributed by atoms with E-state index in [9.17, 15) is 9.59 Å². The molecule has 5 nitrogen and oxygen atoms in total. The lowest BCUT2D eigenvalue weighted by Gasteiger charge is -2.13. The Kier molecular flexibility index (Phi) is 8.59. The summed E-state index contributed by atoms with van der Waals surface area (Å²) in [6.07, 6.45) is 1.70. The zero-order chi connectivity index (χ0) is 24.9. The molecule has 9 heteroatoms. The van der Waals surface area contributed by atoms with Crippen LogP contribution in [0.15, 0.2) is 74.5 Å². The molecule has 0 aliphatic carbocycles. The van der Waals surface area contributed by atoms with Crippen LogP contribution in [0.25, 0.3) is 6.08 Å². The SMILES string of the molecule is Cc1cccc(COc2c(Br)cc(/C=C3\SC(=O)N(CCOc4ccc(Cl)cc4)C3=O)cc2Br)c1. The van der Waals surface area contributed by atoms with Crippen LogP contribution < -0.4 is 9.47 Å². The number of amides is 2. The fourth-order valence-electron chi connectivity index (χ4n) is 3.39. The topological polar surface area (TPSA) is 55.8 Å². The van der Waals surface area contributed by atoms with Crippen LogP contribution in [0.3, 0.4) is 0 Å². The smallest absolute Gasteiger partial charge is 0.293 e. The van der Waals surface area contributed by atoms with Gasteiger partial charge in [-0.15, -0.1) is 0 Å². The van der Waals surface area contributed by atoms with E-state index >= 15 is 0 Å². The number of imide groups is 1. The van der Waals surface area contributed by atoms with Gasteiger partial charge >= 0.3 is 0 Å². The average molecular weight is 638 g/mol. The van der Waals surface area contributed by atoms with Crippen molar-refractivity contribution in [1.29, 1.82) is 0 Å². The minimum absolute atomic E-state index is 0.157. The maximum absolute atomic E-state index is 12.8. The fourth-order valence-corrected chi connectivity index (χ4v) is 5.83.